The van der Waals surface area contributed by atoms with E-state index in [0.717, 1.165) is 6.07 Å². The second-order valence-electron chi connectivity index (χ2n) is 2.26. The fourth-order valence-electron chi connectivity index (χ4n) is 0.724. The summed E-state index contributed by atoms with van der Waals surface area (Å²) in [5.74, 6) is -0.908. The van der Waals surface area contributed by atoms with Crippen LogP contribution in [0.25, 0.3) is 0 Å². The smallest absolute Gasteiger partial charge is 0.217 e. The van der Waals surface area contributed by atoms with Crippen LogP contribution in [0, 0.1) is 12.9 Å². The lowest BCUT2D eigenvalue weighted by molar-refractivity contribution is 0.145. The molecule has 66 valence electrons. The highest BCUT2D eigenvalue weighted by molar-refractivity contribution is 6.31. The summed E-state index contributed by atoms with van der Waals surface area (Å²) in [6.45, 7) is 1.41. The molecule has 0 saturated carbocycles. The predicted molar refractivity (Wildman–Crippen MR) is 38.9 cm³/mol. The molecule has 12 heavy (non-hydrogen) atoms. The molecule has 0 radical (unpaired) electrons. The van der Waals surface area contributed by atoms with E-state index in [9.17, 15) is 13.2 Å². The molecule has 0 spiro atoms. The molecule has 0 N–H and O–H groups in total. The van der Waals surface area contributed by atoms with Crippen molar-refractivity contribution in [1.29, 1.82) is 0 Å². The average Bonchev–Trinajstić information content (AvgIpc) is 1.96. The summed E-state index contributed by atoms with van der Waals surface area (Å²) in [5, 5.41) is -0.205. The topological polar surface area (TPSA) is 12.9 Å². The highest BCUT2D eigenvalue weighted by Gasteiger charge is 2.15. The summed E-state index contributed by atoms with van der Waals surface area (Å²) in [6, 6.07) is 1.13. The zero-order chi connectivity index (χ0) is 9.30. The molecule has 1 aromatic rings. The number of aryl methyl sites for hydroxylation is 1. The largest absolute Gasteiger partial charge is 0.281 e. The van der Waals surface area contributed by atoms with Crippen molar-refractivity contribution in [2.45, 2.75) is 13.3 Å². The van der Waals surface area contributed by atoms with E-state index in [0.29, 0.717) is 0 Å². The summed E-state index contributed by atoms with van der Waals surface area (Å²) in [5.41, 5.74) is -0.552. The van der Waals surface area contributed by atoms with Gasteiger partial charge in [0.2, 0.25) is 5.95 Å². The molecule has 0 bridgehead atoms. The van der Waals surface area contributed by atoms with Crippen molar-refractivity contribution in [3.63, 3.8) is 0 Å². The van der Waals surface area contributed by atoms with Gasteiger partial charge in [-0.3, -0.25) is 0 Å². The summed E-state index contributed by atoms with van der Waals surface area (Å²) < 4.78 is 36.7. The Balaban J connectivity index is 3.23. The predicted octanol–water partition coefficient (Wildman–Crippen LogP) is 3.12. The molecule has 1 nitrogen and oxygen atoms in total. The third kappa shape index (κ3) is 1.69. The zero-order valence-corrected chi connectivity index (χ0v) is 6.87. The molecule has 1 aromatic heterocycles. The zero-order valence-electron chi connectivity index (χ0n) is 6.11. The number of hydrogen-bond acceptors (Lipinski definition) is 1. The van der Waals surface area contributed by atoms with Gasteiger partial charge in [-0.2, -0.15) is 4.39 Å². The number of alkyl halides is 2. The van der Waals surface area contributed by atoms with Gasteiger partial charge in [0.1, 0.15) is 5.69 Å². The second kappa shape index (κ2) is 3.31. The second-order valence-corrected chi connectivity index (χ2v) is 2.67. The molecular weight excluding hydrogens is 191 g/mol. The highest BCUT2D eigenvalue weighted by Crippen LogP contribution is 2.26. The van der Waals surface area contributed by atoms with Crippen LogP contribution in [0.5, 0.6) is 0 Å². The van der Waals surface area contributed by atoms with Crippen molar-refractivity contribution >= 4 is 11.6 Å². The van der Waals surface area contributed by atoms with E-state index in [1.807, 2.05) is 0 Å². The highest BCUT2D eigenvalue weighted by atomic mass is 35.5. The Morgan fingerprint density at radius 3 is 2.58 bits per heavy atom. The van der Waals surface area contributed by atoms with Crippen LogP contribution in [-0.2, 0) is 0 Å². The van der Waals surface area contributed by atoms with Crippen molar-refractivity contribution < 1.29 is 13.2 Å². The monoisotopic (exact) mass is 195 g/mol. The Labute approximate surface area is 72.2 Å². The Kier molecular flexibility index (Phi) is 2.57. The first kappa shape index (κ1) is 9.32. The van der Waals surface area contributed by atoms with Crippen molar-refractivity contribution in [1.82, 2.24) is 4.98 Å². The van der Waals surface area contributed by atoms with Gasteiger partial charge in [-0.1, -0.05) is 11.6 Å². The molecule has 5 heteroatoms. The van der Waals surface area contributed by atoms with Crippen LogP contribution in [-0.4, -0.2) is 4.98 Å². The Morgan fingerprint density at radius 2 is 2.08 bits per heavy atom. The van der Waals surface area contributed by atoms with E-state index in [4.69, 9.17) is 11.6 Å². The standard InChI is InChI=1S/C7H5ClF3N/c1-3-2-4(8)5(6(9)10)12-7(3)11/h2,6H,1H3. The van der Waals surface area contributed by atoms with Gasteiger partial charge in [0.15, 0.2) is 0 Å². The number of halogens is 4. The van der Waals surface area contributed by atoms with Crippen LogP contribution in [0.2, 0.25) is 5.02 Å². The maximum atomic E-state index is 12.6. The molecule has 0 atom stereocenters. The van der Waals surface area contributed by atoms with Gasteiger partial charge in [0.25, 0.3) is 6.43 Å². The van der Waals surface area contributed by atoms with Crippen LogP contribution in [0.3, 0.4) is 0 Å². The maximum absolute atomic E-state index is 12.6. The molecule has 0 aliphatic rings. The number of rotatable bonds is 1. The maximum Gasteiger partial charge on any atom is 0.281 e. The average molecular weight is 196 g/mol. The van der Waals surface area contributed by atoms with E-state index in [-0.39, 0.29) is 10.6 Å². The van der Waals surface area contributed by atoms with Crippen LogP contribution in [0.15, 0.2) is 6.07 Å². The Bertz CT molecular complexity index is 301. The SMILES string of the molecule is Cc1cc(Cl)c(C(F)F)nc1F. The van der Waals surface area contributed by atoms with Gasteiger partial charge < -0.3 is 0 Å². The van der Waals surface area contributed by atoms with Gasteiger partial charge in [0, 0.05) is 5.56 Å². The van der Waals surface area contributed by atoms with E-state index in [2.05, 4.69) is 4.98 Å². The third-order valence-corrected chi connectivity index (χ3v) is 1.64. The number of hydrogen-bond donors (Lipinski definition) is 0. The Hall–Kier alpha value is -0.770. The van der Waals surface area contributed by atoms with Gasteiger partial charge in [-0.05, 0) is 13.0 Å². The molecule has 1 heterocycles. The van der Waals surface area contributed by atoms with E-state index >= 15 is 0 Å². The molecule has 0 unspecified atom stereocenters. The van der Waals surface area contributed by atoms with Gasteiger partial charge in [-0.25, -0.2) is 13.8 Å². The lowest BCUT2D eigenvalue weighted by atomic mass is 10.2. The summed E-state index contributed by atoms with van der Waals surface area (Å²) in [4.78, 5) is 3.02. The van der Waals surface area contributed by atoms with E-state index in [1.54, 1.807) is 0 Å². The summed E-state index contributed by atoms with van der Waals surface area (Å²) >= 11 is 5.39. The molecule has 0 aliphatic carbocycles. The first-order chi connectivity index (χ1) is 5.52. The molecule has 1 rings (SSSR count). The van der Waals surface area contributed by atoms with Crippen molar-refractivity contribution in [3.05, 3.63) is 28.3 Å². The lowest BCUT2D eigenvalue weighted by Gasteiger charge is -2.03. The number of aromatic nitrogens is 1. The van der Waals surface area contributed by atoms with E-state index in [1.165, 1.54) is 6.92 Å². The minimum Gasteiger partial charge on any atom is -0.217 e. The molecule has 0 aliphatic heterocycles. The van der Waals surface area contributed by atoms with Crippen LogP contribution in [0.4, 0.5) is 13.2 Å². The molecule has 0 fully saturated rings. The van der Waals surface area contributed by atoms with Crippen LogP contribution in [0.1, 0.15) is 17.7 Å². The van der Waals surface area contributed by atoms with Gasteiger partial charge in [-0.15, -0.1) is 0 Å². The normalized spacial score (nSPS) is 10.8. The molecule has 0 amide bonds. The van der Waals surface area contributed by atoms with Crippen LogP contribution >= 0.6 is 11.6 Å². The fourth-order valence-corrected chi connectivity index (χ4v) is 1.01. The van der Waals surface area contributed by atoms with Crippen molar-refractivity contribution in [2.75, 3.05) is 0 Å². The van der Waals surface area contributed by atoms with Gasteiger partial charge in [0.05, 0.1) is 5.02 Å². The lowest BCUT2D eigenvalue weighted by Crippen LogP contribution is -1.97. The quantitative estimate of drug-likeness (QED) is 0.628. The number of nitrogens with zero attached hydrogens (tertiary/aromatic N) is 1. The molecular formula is C7H5ClF3N. The number of pyridine rings is 1. The summed E-state index contributed by atoms with van der Waals surface area (Å²) in [6.07, 6.45) is -2.84. The Morgan fingerprint density at radius 1 is 1.50 bits per heavy atom. The minimum atomic E-state index is -2.84. The first-order valence-corrected chi connectivity index (χ1v) is 3.51. The van der Waals surface area contributed by atoms with Crippen molar-refractivity contribution in [3.8, 4) is 0 Å². The molecule has 0 aromatic carbocycles. The van der Waals surface area contributed by atoms with Crippen LogP contribution < -0.4 is 0 Å². The minimum absolute atomic E-state index is 0.157. The van der Waals surface area contributed by atoms with Crippen molar-refractivity contribution in [2.24, 2.45) is 0 Å². The van der Waals surface area contributed by atoms with E-state index < -0.39 is 18.1 Å². The summed E-state index contributed by atoms with van der Waals surface area (Å²) in [7, 11) is 0. The third-order valence-electron chi connectivity index (χ3n) is 1.34. The fraction of sp³-hybridized carbons (Fsp3) is 0.286. The molecule has 0 saturated heterocycles. The first-order valence-electron chi connectivity index (χ1n) is 3.13. The van der Waals surface area contributed by atoms with Gasteiger partial charge >= 0.3 is 0 Å².